The molecule has 0 amide bonds. The highest BCUT2D eigenvalue weighted by atomic mass is 19.1. The molecule has 70 valence electrons. The summed E-state index contributed by atoms with van der Waals surface area (Å²) in [5.74, 6) is -1.64. The van der Waals surface area contributed by atoms with Crippen molar-refractivity contribution < 1.29 is 14.3 Å². The van der Waals surface area contributed by atoms with E-state index in [-0.39, 0.29) is 11.6 Å². The fourth-order valence-electron chi connectivity index (χ4n) is 1.01. The number of pyridine rings is 1. The van der Waals surface area contributed by atoms with E-state index >= 15 is 0 Å². The van der Waals surface area contributed by atoms with Crippen LogP contribution in [-0.2, 0) is 0 Å². The Morgan fingerprint density at radius 1 is 1.62 bits per heavy atom. The monoisotopic (exact) mass is 183 g/mol. The number of carboxylic acids is 1. The van der Waals surface area contributed by atoms with E-state index in [0.717, 1.165) is 6.20 Å². The van der Waals surface area contributed by atoms with Crippen molar-refractivity contribution in [1.82, 2.24) is 4.98 Å². The average Bonchev–Trinajstić information content (AvgIpc) is 2.04. The lowest BCUT2D eigenvalue weighted by molar-refractivity contribution is 0.0690. The molecule has 0 saturated heterocycles. The minimum atomic E-state index is -1.14. The molecule has 4 heteroatoms. The Balaban J connectivity index is 3.19. The number of rotatable bonds is 2. The van der Waals surface area contributed by atoms with Crippen molar-refractivity contribution in [3.05, 3.63) is 29.3 Å². The van der Waals surface area contributed by atoms with Gasteiger partial charge in [-0.25, -0.2) is 14.2 Å². The Hall–Kier alpha value is -1.45. The zero-order chi connectivity index (χ0) is 10.0. The molecule has 1 aromatic heterocycles. The van der Waals surface area contributed by atoms with Crippen LogP contribution in [0.5, 0.6) is 0 Å². The van der Waals surface area contributed by atoms with E-state index in [1.807, 2.05) is 0 Å². The summed E-state index contributed by atoms with van der Waals surface area (Å²) in [6, 6.07) is 1.27. The van der Waals surface area contributed by atoms with Crippen molar-refractivity contribution in [2.45, 2.75) is 19.8 Å². The van der Waals surface area contributed by atoms with E-state index in [2.05, 4.69) is 4.98 Å². The fraction of sp³-hybridized carbons (Fsp3) is 0.333. The van der Waals surface area contributed by atoms with Crippen molar-refractivity contribution in [2.24, 2.45) is 0 Å². The van der Waals surface area contributed by atoms with Crippen LogP contribution >= 0.6 is 0 Å². The molecule has 0 unspecified atom stereocenters. The third-order valence-corrected chi connectivity index (χ3v) is 1.73. The lowest BCUT2D eigenvalue weighted by Gasteiger charge is -2.06. The van der Waals surface area contributed by atoms with Gasteiger partial charge in [-0.05, 0) is 17.5 Å². The lowest BCUT2D eigenvalue weighted by atomic mass is 10.0. The van der Waals surface area contributed by atoms with Gasteiger partial charge in [0, 0.05) is 0 Å². The second-order valence-electron chi connectivity index (χ2n) is 3.05. The summed E-state index contributed by atoms with van der Waals surface area (Å²) in [5, 5.41) is 8.60. The van der Waals surface area contributed by atoms with E-state index in [1.54, 1.807) is 13.8 Å². The molecule has 0 aliphatic carbocycles. The molecule has 0 saturated carbocycles. The molecule has 0 bridgehead atoms. The van der Waals surface area contributed by atoms with Crippen LogP contribution in [0.25, 0.3) is 0 Å². The van der Waals surface area contributed by atoms with Crippen LogP contribution in [0.1, 0.15) is 35.8 Å². The fourth-order valence-corrected chi connectivity index (χ4v) is 1.01. The van der Waals surface area contributed by atoms with Crippen molar-refractivity contribution in [3.8, 4) is 0 Å². The topological polar surface area (TPSA) is 50.2 Å². The zero-order valence-corrected chi connectivity index (χ0v) is 7.41. The number of hydrogen-bond donors (Lipinski definition) is 1. The molecule has 0 radical (unpaired) electrons. The van der Waals surface area contributed by atoms with Gasteiger partial charge in [0.05, 0.1) is 6.20 Å². The number of hydrogen-bond acceptors (Lipinski definition) is 2. The molecule has 0 aliphatic heterocycles. The van der Waals surface area contributed by atoms with Crippen molar-refractivity contribution >= 4 is 5.97 Å². The molecule has 0 spiro atoms. The van der Waals surface area contributed by atoms with E-state index in [0.29, 0.717) is 5.56 Å². The molecule has 0 atom stereocenters. The standard InChI is InChI=1S/C9H10FNO2/c1-5(2)6-3-8(9(12)13)11-4-7(6)10/h3-5H,1-2H3,(H,12,13). The summed E-state index contributed by atoms with van der Waals surface area (Å²) >= 11 is 0. The quantitative estimate of drug-likeness (QED) is 0.763. The first-order valence-corrected chi connectivity index (χ1v) is 3.91. The zero-order valence-electron chi connectivity index (χ0n) is 7.41. The largest absolute Gasteiger partial charge is 0.477 e. The smallest absolute Gasteiger partial charge is 0.354 e. The molecular formula is C9H10FNO2. The van der Waals surface area contributed by atoms with E-state index < -0.39 is 11.8 Å². The summed E-state index contributed by atoms with van der Waals surface area (Å²) in [6.45, 7) is 3.59. The molecule has 3 nitrogen and oxygen atoms in total. The Morgan fingerprint density at radius 2 is 2.23 bits per heavy atom. The predicted molar refractivity (Wildman–Crippen MR) is 45.2 cm³/mol. The van der Waals surface area contributed by atoms with Crippen LogP contribution in [0.2, 0.25) is 0 Å². The second kappa shape index (κ2) is 3.51. The third kappa shape index (κ3) is 2.02. The molecule has 1 N–H and O–H groups in total. The van der Waals surface area contributed by atoms with E-state index in [4.69, 9.17) is 5.11 Å². The molecule has 0 fully saturated rings. The molecule has 0 aliphatic rings. The SMILES string of the molecule is CC(C)c1cc(C(=O)O)ncc1F. The summed E-state index contributed by atoms with van der Waals surface area (Å²) < 4.78 is 13.0. The molecule has 0 aromatic carbocycles. The highest BCUT2D eigenvalue weighted by Crippen LogP contribution is 2.18. The summed E-state index contributed by atoms with van der Waals surface area (Å²) in [4.78, 5) is 13.9. The van der Waals surface area contributed by atoms with Gasteiger partial charge in [0.25, 0.3) is 0 Å². The van der Waals surface area contributed by atoms with Crippen LogP contribution in [0.3, 0.4) is 0 Å². The summed E-state index contributed by atoms with van der Waals surface area (Å²) in [6.07, 6.45) is 0.943. The van der Waals surface area contributed by atoms with Gasteiger partial charge in [0.15, 0.2) is 0 Å². The number of aromatic carboxylic acids is 1. The van der Waals surface area contributed by atoms with Gasteiger partial charge >= 0.3 is 5.97 Å². The van der Waals surface area contributed by atoms with Crippen LogP contribution in [0, 0.1) is 5.82 Å². The molecule has 1 aromatic rings. The van der Waals surface area contributed by atoms with Crippen LogP contribution < -0.4 is 0 Å². The first kappa shape index (κ1) is 9.64. The van der Waals surface area contributed by atoms with Crippen LogP contribution in [0.15, 0.2) is 12.3 Å². The number of nitrogens with zero attached hydrogens (tertiary/aromatic N) is 1. The van der Waals surface area contributed by atoms with E-state index in [1.165, 1.54) is 6.07 Å². The Labute approximate surface area is 75.2 Å². The highest BCUT2D eigenvalue weighted by Gasteiger charge is 2.11. The predicted octanol–water partition coefficient (Wildman–Crippen LogP) is 2.04. The summed E-state index contributed by atoms with van der Waals surface area (Å²) in [7, 11) is 0. The van der Waals surface area contributed by atoms with Crippen molar-refractivity contribution in [2.75, 3.05) is 0 Å². The normalized spacial score (nSPS) is 10.5. The Kier molecular flexibility index (Phi) is 2.60. The maximum Gasteiger partial charge on any atom is 0.354 e. The maximum atomic E-state index is 13.0. The summed E-state index contributed by atoms with van der Waals surface area (Å²) in [5.41, 5.74) is 0.262. The number of carboxylic acid groups (broad SMARTS) is 1. The van der Waals surface area contributed by atoms with Crippen LogP contribution in [-0.4, -0.2) is 16.1 Å². The molecular weight excluding hydrogens is 173 g/mol. The number of aromatic nitrogens is 1. The number of halogens is 1. The molecule has 1 heterocycles. The minimum Gasteiger partial charge on any atom is -0.477 e. The van der Waals surface area contributed by atoms with Crippen LogP contribution in [0.4, 0.5) is 4.39 Å². The third-order valence-electron chi connectivity index (χ3n) is 1.73. The van der Waals surface area contributed by atoms with Gasteiger partial charge in [-0.1, -0.05) is 13.8 Å². The lowest BCUT2D eigenvalue weighted by Crippen LogP contribution is -2.04. The van der Waals surface area contributed by atoms with Gasteiger partial charge in [0.1, 0.15) is 11.5 Å². The van der Waals surface area contributed by atoms with E-state index in [9.17, 15) is 9.18 Å². The average molecular weight is 183 g/mol. The van der Waals surface area contributed by atoms with Gasteiger partial charge < -0.3 is 5.11 Å². The van der Waals surface area contributed by atoms with Gasteiger partial charge in [0.2, 0.25) is 0 Å². The Morgan fingerprint density at radius 3 is 2.69 bits per heavy atom. The molecule has 13 heavy (non-hydrogen) atoms. The van der Waals surface area contributed by atoms with Crippen molar-refractivity contribution in [1.29, 1.82) is 0 Å². The molecule has 1 rings (SSSR count). The maximum absolute atomic E-state index is 13.0. The Bertz CT molecular complexity index is 336. The first-order chi connectivity index (χ1) is 6.02. The first-order valence-electron chi connectivity index (χ1n) is 3.91. The van der Waals surface area contributed by atoms with Gasteiger partial charge in [-0.3, -0.25) is 0 Å². The second-order valence-corrected chi connectivity index (χ2v) is 3.05. The van der Waals surface area contributed by atoms with Gasteiger partial charge in [-0.2, -0.15) is 0 Å². The minimum absolute atomic E-state index is 0.0406. The highest BCUT2D eigenvalue weighted by molar-refractivity contribution is 5.85. The van der Waals surface area contributed by atoms with Gasteiger partial charge in [-0.15, -0.1) is 0 Å². The number of carbonyl (C=O) groups is 1. The van der Waals surface area contributed by atoms with Crippen molar-refractivity contribution in [3.63, 3.8) is 0 Å².